The average Bonchev–Trinajstić information content (AvgIpc) is 3.38. The first-order valence-electron chi connectivity index (χ1n) is 10.5. The lowest BCUT2D eigenvalue weighted by molar-refractivity contribution is 0.0935. The number of halogens is 1. The summed E-state index contributed by atoms with van der Waals surface area (Å²) >= 11 is 0. The van der Waals surface area contributed by atoms with Crippen molar-refractivity contribution in [2.45, 2.75) is 56.8 Å². The smallest absolute Gasteiger partial charge is 0.317 e. The molecule has 1 saturated heterocycles. The Balaban J connectivity index is 1.91. The largest absolute Gasteiger partial charge is 0.376 e. The van der Waals surface area contributed by atoms with Gasteiger partial charge in [-0.05, 0) is 44.4 Å². The number of imidazole rings is 1. The van der Waals surface area contributed by atoms with Gasteiger partial charge in [0.2, 0.25) is 15.0 Å². The third-order valence-corrected chi connectivity index (χ3v) is 6.81. The molecule has 170 valence electrons. The fourth-order valence-electron chi connectivity index (χ4n) is 3.60. The summed E-state index contributed by atoms with van der Waals surface area (Å²) < 4.78 is 46.9. The van der Waals surface area contributed by atoms with Crippen molar-refractivity contribution >= 4 is 15.9 Å². The van der Waals surface area contributed by atoms with Gasteiger partial charge < -0.3 is 19.5 Å². The summed E-state index contributed by atoms with van der Waals surface area (Å²) in [6.45, 7) is 5.90. The van der Waals surface area contributed by atoms with Crippen LogP contribution in [0.15, 0.2) is 35.6 Å². The van der Waals surface area contributed by atoms with Crippen LogP contribution in [0, 0.1) is 5.82 Å². The van der Waals surface area contributed by atoms with Gasteiger partial charge in [-0.15, -0.1) is 0 Å². The number of nitrogens with zero attached hydrogens (tertiary/aromatic N) is 3. The van der Waals surface area contributed by atoms with Gasteiger partial charge in [0.15, 0.2) is 0 Å². The van der Waals surface area contributed by atoms with Gasteiger partial charge in [0, 0.05) is 19.7 Å². The molecule has 1 aliphatic heterocycles. The topological polar surface area (TPSA) is 93.5 Å². The lowest BCUT2D eigenvalue weighted by atomic mass is 10.2. The molecule has 3 rings (SSSR count). The molecule has 0 bridgehead atoms. The Hall–Kier alpha value is -2.46. The first kappa shape index (κ1) is 23.2. The fourth-order valence-corrected chi connectivity index (χ4v) is 5.11. The number of carbonyl (C=O) groups excluding carboxylic acids is 1. The summed E-state index contributed by atoms with van der Waals surface area (Å²) in [5, 5.41) is 2.71. The van der Waals surface area contributed by atoms with Crippen molar-refractivity contribution in [2.75, 3.05) is 19.7 Å². The van der Waals surface area contributed by atoms with Crippen molar-refractivity contribution in [3.8, 4) is 0 Å². The highest BCUT2D eigenvalue weighted by Crippen LogP contribution is 2.22. The van der Waals surface area contributed by atoms with Crippen LogP contribution in [0.1, 0.15) is 37.9 Å². The van der Waals surface area contributed by atoms with E-state index in [9.17, 15) is 17.6 Å². The number of amides is 2. The summed E-state index contributed by atoms with van der Waals surface area (Å²) in [5.41, 5.74) is 1.11. The Morgan fingerprint density at radius 3 is 2.68 bits per heavy atom. The molecule has 1 aromatic carbocycles. The molecular weight excluding hydrogens is 423 g/mol. The second kappa shape index (κ2) is 10.2. The summed E-state index contributed by atoms with van der Waals surface area (Å²) in [6, 6.07) is 5.16. The Bertz CT molecular complexity index is 985. The van der Waals surface area contributed by atoms with E-state index in [0.717, 1.165) is 12.8 Å². The number of carbonyl (C=O) groups is 1. The lowest BCUT2D eigenvalue weighted by Crippen LogP contribution is -2.39. The van der Waals surface area contributed by atoms with Crippen LogP contribution in [0.5, 0.6) is 0 Å². The van der Waals surface area contributed by atoms with E-state index in [2.05, 4.69) is 10.3 Å². The minimum Gasteiger partial charge on any atom is -0.376 e. The molecule has 2 amide bonds. The molecule has 1 unspecified atom stereocenters. The van der Waals surface area contributed by atoms with Gasteiger partial charge in [0.25, 0.3) is 0 Å². The van der Waals surface area contributed by atoms with Crippen LogP contribution in [-0.2, 0) is 33.4 Å². The number of nitrogens with one attached hydrogen (secondary N) is 1. The van der Waals surface area contributed by atoms with Gasteiger partial charge in [-0.1, -0.05) is 12.1 Å². The monoisotopic (exact) mass is 452 g/mol. The Kier molecular flexibility index (Phi) is 7.66. The maximum atomic E-state index is 13.2. The van der Waals surface area contributed by atoms with Gasteiger partial charge in [-0.2, -0.15) is 0 Å². The molecule has 0 saturated carbocycles. The second-order valence-electron chi connectivity index (χ2n) is 7.51. The van der Waals surface area contributed by atoms with Crippen LogP contribution in [0.4, 0.5) is 9.18 Å². The molecule has 1 aromatic heterocycles. The van der Waals surface area contributed by atoms with Crippen molar-refractivity contribution in [2.24, 2.45) is 0 Å². The fraction of sp³-hybridized carbons (Fsp3) is 0.524. The van der Waals surface area contributed by atoms with Crippen LogP contribution in [0.2, 0.25) is 0 Å². The second-order valence-corrected chi connectivity index (χ2v) is 9.40. The van der Waals surface area contributed by atoms with Gasteiger partial charge in [0.1, 0.15) is 5.82 Å². The van der Waals surface area contributed by atoms with Crippen molar-refractivity contribution < 1.29 is 22.3 Å². The number of ether oxygens (including phenoxy) is 1. The quantitative estimate of drug-likeness (QED) is 0.631. The number of hydrogen-bond donors (Lipinski definition) is 1. The highest BCUT2D eigenvalue weighted by molar-refractivity contribution is 7.90. The molecule has 10 heteroatoms. The Labute approximate surface area is 182 Å². The predicted octanol–water partition coefficient (Wildman–Crippen LogP) is 2.73. The maximum absolute atomic E-state index is 13.2. The molecular formula is C21H29FN4O4S. The molecule has 0 radical (unpaired) electrons. The number of hydrogen-bond acceptors (Lipinski definition) is 5. The van der Waals surface area contributed by atoms with Crippen molar-refractivity contribution in [1.29, 1.82) is 0 Å². The van der Waals surface area contributed by atoms with E-state index in [-0.39, 0.29) is 29.6 Å². The van der Waals surface area contributed by atoms with Crippen molar-refractivity contribution in [3.63, 3.8) is 0 Å². The van der Waals surface area contributed by atoms with E-state index in [1.54, 1.807) is 9.47 Å². The van der Waals surface area contributed by atoms with Crippen LogP contribution >= 0.6 is 0 Å². The first-order valence-corrected chi connectivity index (χ1v) is 12.1. The van der Waals surface area contributed by atoms with Gasteiger partial charge in [-0.25, -0.2) is 22.6 Å². The normalized spacial score (nSPS) is 16.4. The molecule has 1 fully saturated rings. The summed E-state index contributed by atoms with van der Waals surface area (Å²) in [6.07, 6.45) is 3.16. The highest BCUT2D eigenvalue weighted by atomic mass is 32.2. The van der Waals surface area contributed by atoms with Crippen LogP contribution < -0.4 is 5.32 Å². The highest BCUT2D eigenvalue weighted by Gasteiger charge is 2.28. The Morgan fingerprint density at radius 2 is 2.06 bits per heavy atom. The maximum Gasteiger partial charge on any atom is 0.317 e. The standard InChI is InChI=1S/C21H29FN4O4S/c1-3-23-20(27)25(4-2)13-18-12-24-21(26(18)14-19-6-5-11-30-19)31(28,29)15-16-7-9-17(22)10-8-16/h7-10,12,19H,3-6,11,13-15H2,1-2H3,(H,23,27). The van der Waals surface area contributed by atoms with Crippen LogP contribution in [0.25, 0.3) is 0 Å². The van der Waals surface area contributed by atoms with Gasteiger partial charge >= 0.3 is 6.03 Å². The molecule has 2 aromatic rings. The molecule has 0 spiro atoms. The number of sulfone groups is 1. The van der Waals surface area contributed by atoms with Gasteiger partial charge in [0.05, 0.1) is 36.8 Å². The van der Waals surface area contributed by atoms with E-state index in [1.807, 2.05) is 13.8 Å². The molecule has 2 heterocycles. The molecule has 8 nitrogen and oxygen atoms in total. The Morgan fingerprint density at radius 1 is 1.32 bits per heavy atom. The van der Waals surface area contributed by atoms with E-state index in [4.69, 9.17) is 4.74 Å². The summed E-state index contributed by atoms with van der Waals surface area (Å²) in [7, 11) is -3.80. The minimum atomic E-state index is -3.80. The van der Waals surface area contributed by atoms with Crippen LogP contribution in [0.3, 0.4) is 0 Å². The molecule has 1 atom stereocenters. The van der Waals surface area contributed by atoms with Crippen molar-refractivity contribution in [3.05, 3.63) is 47.5 Å². The number of urea groups is 1. The SMILES string of the molecule is CCNC(=O)N(CC)Cc1cnc(S(=O)(=O)Cc2ccc(F)cc2)n1CC1CCCO1. The summed E-state index contributed by atoms with van der Waals surface area (Å²) in [5.74, 6) is -0.711. The molecule has 1 aliphatic rings. The van der Waals surface area contributed by atoms with E-state index < -0.39 is 15.7 Å². The van der Waals surface area contributed by atoms with Crippen molar-refractivity contribution in [1.82, 2.24) is 19.8 Å². The number of aromatic nitrogens is 2. The molecule has 31 heavy (non-hydrogen) atoms. The van der Waals surface area contributed by atoms with E-state index in [0.29, 0.717) is 37.5 Å². The third-order valence-electron chi connectivity index (χ3n) is 5.21. The third kappa shape index (κ3) is 5.82. The minimum absolute atomic E-state index is 0.0609. The lowest BCUT2D eigenvalue weighted by Gasteiger charge is -2.23. The zero-order valence-electron chi connectivity index (χ0n) is 17.9. The molecule has 0 aliphatic carbocycles. The first-order chi connectivity index (χ1) is 14.8. The number of benzene rings is 1. The van der Waals surface area contributed by atoms with Gasteiger partial charge in [-0.3, -0.25) is 0 Å². The average molecular weight is 453 g/mol. The van der Waals surface area contributed by atoms with E-state index >= 15 is 0 Å². The summed E-state index contributed by atoms with van der Waals surface area (Å²) in [4.78, 5) is 18.1. The van der Waals surface area contributed by atoms with Crippen LogP contribution in [-0.4, -0.2) is 54.7 Å². The number of rotatable bonds is 9. The zero-order chi connectivity index (χ0) is 22.4. The zero-order valence-corrected chi connectivity index (χ0v) is 18.7. The van der Waals surface area contributed by atoms with E-state index in [1.165, 1.54) is 30.5 Å². The molecule has 1 N–H and O–H groups in total. The predicted molar refractivity (Wildman–Crippen MR) is 114 cm³/mol.